The van der Waals surface area contributed by atoms with Gasteiger partial charge in [-0.2, -0.15) is 13.2 Å². The molecule has 1 saturated heterocycles. The molecule has 1 aliphatic rings. The van der Waals surface area contributed by atoms with Crippen molar-refractivity contribution in [3.63, 3.8) is 0 Å². The van der Waals surface area contributed by atoms with Gasteiger partial charge in [-0.1, -0.05) is 11.6 Å². The van der Waals surface area contributed by atoms with Crippen LogP contribution in [-0.4, -0.2) is 25.8 Å². The van der Waals surface area contributed by atoms with Gasteiger partial charge in [0.15, 0.2) is 9.84 Å². The standard InChI is InChI=1S/C12H11ClF3NO3S/c13-8-1-2-10(9(5-8)12(14,15)16)17-11(18)7-3-4-21(19,20)6-7/h1-2,5,7H,3-4,6H2,(H,17,18). The summed E-state index contributed by atoms with van der Waals surface area (Å²) in [5, 5.41) is 2.03. The molecule has 0 radical (unpaired) electrons. The summed E-state index contributed by atoms with van der Waals surface area (Å²) in [6, 6.07) is 2.98. The quantitative estimate of drug-likeness (QED) is 0.899. The van der Waals surface area contributed by atoms with Crippen LogP contribution in [0.25, 0.3) is 0 Å². The number of hydrogen-bond acceptors (Lipinski definition) is 3. The Balaban J connectivity index is 2.22. The van der Waals surface area contributed by atoms with E-state index in [9.17, 15) is 26.4 Å². The fourth-order valence-electron chi connectivity index (χ4n) is 2.10. The Morgan fingerprint density at radius 2 is 2.00 bits per heavy atom. The van der Waals surface area contributed by atoms with E-state index < -0.39 is 39.1 Å². The maximum Gasteiger partial charge on any atom is 0.418 e. The van der Waals surface area contributed by atoms with E-state index in [0.29, 0.717) is 6.07 Å². The van der Waals surface area contributed by atoms with Crippen LogP contribution in [0, 0.1) is 5.92 Å². The molecule has 4 nitrogen and oxygen atoms in total. The summed E-state index contributed by atoms with van der Waals surface area (Å²) in [6.07, 6.45) is -4.56. The normalized spacial score (nSPS) is 21.2. The Morgan fingerprint density at radius 3 is 2.52 bits per heavy atom. The van der Waals surface area contributed by atoms with Crippen molar-refractivity contribution in [2.24, 2.45) is 5.92 Å². The van der Waals surface area contributed by atoms with Crippen LogP contribution in [0.15, 0.2) is 18.2 Å². The molecule has 0 bridgehead atoms. The van der Waals surface area contributed by atoms with Crippen LogP contribution < -0.4 is 5.32 Å². The molecule has 1 fully saturated rings. The fourth-order valence-corrected chi connectivity index (χ4v) is 4.01. The highest BCUT2D eigenvalue weighted by Crippen LogP contribution is 2.36. The average Bonchev–Trinajstić information content (AvgIpc) is 2.71. The SMILES string of the molecule is O=C(Nc1ccc(Cl)cc1C(F)(F)F)C1CCS(=O)(=O)C1. The number of hydrogen-bond donors (Lipinski definition) is 1. The summed E-state index contributed by atoms with van der Waals surface area (Å²) in [5.74, 6) is -2.03. The zero-order valence-corrected chi connectivity index (χ0v) is 12.1. The molecule has 1 N–H and O–H groups in total. The zero-order chi connectivity index (χ0) is 15.8. The Kier molecular flexibility index (Phi) is 4.21. The molecule has 9 heteroatoms. The van der Waals surface area contributed by atoms with Crippen LogP contribution in [0.2, 0.25) is 5.02 Å². The van der Waals surface area contributed by atoms with E-state index in [2.05, 4.69) is 5.32 Å². The molecule has 1 aromatic carbocycles. The van der Waals surface area contributed by atoms with E-state index in [1.54, 1.807) is 0 Å². The Bertz CT molecular complexity index is 673. The van der Waals surface area contributed by atoms with Crippen LogP contribution in [0.5, 0.6) is 0 Å². The van der Waals surface area contributed by atoms with Crippen molar-refractivity contribution in [3.8, 4) is 0 Å². The topological polar surface area (TPSA) is 63.2 Å². The lowest BCUT2D eigenvalue weighted by molar-refractivity contribution is -0.137. The number of alkyl halides is 3. The van der Waals surface area contributed by atoms with Crippen molar-refractivity contribution in [1.29, 1.82) is 0 Å². The van der Waals surface area contributed by atoms with Crippen molar-refractivity contribution < 1.29 is 26.4 Å². The van der Waals surface area contributed by atoms with Gasteiger partial charge in [0.1, 0.15) is 0 Å². The lowest BCUT2D eigenvalue weighted by atomic mass is 10.1. The van der Waals surface area contributed by atoms with Crippen molar-refractivity contribution >= 4 is 33.0 Å². The van der Waals surface area contributed by atoms with Crippen molar-refractivity contribution in [3.05, 3.63) is 28.8 Å². The predicted molar refractivity (Wildman–Crippen MR) is 71.8 cm³/mol. The highest BCUT2D eigenvalue weighted by molar-refractivity contribution is 7.91. The molecule has 0 spiro atoms. The van der Waals surface area contributed by atoms with Crippen LogP contribution in [0.1, 0.15) is 12.0 Å². The Labute approximate surface area is 124 Å². The van der Waals surface area contributed by atoms with Gasteiger partial charge in [-0.15, -0.1) is 0 Å². The minimum atomic E-state index is -4.67. The van der Waals surface area contributed by atoms with E-state index in [1.807, 2.05) is 0 Å². The number of benzene rings is 1. The molecule has 0 aromatic heterocycles. The minimum absolute atomic E-state index is 0.108. The molecule has 1 atom stereocenters. The third-order valence-corrected chi connectivity index (χ3v) is 5.15. The number of amides is 1. The first-order chi connectivity index (χ1) is 9.58. The Hall–Kier alpha value is -1.28. The van der Waals surface area contributed by atoms with Gasteiger partial charge in [0.25, 0.3) is 0 Å². The number of sulfone groups is 1. The second-order valence-corrected chi connectivity index (χ2v) is 7.44. The highest BCUT2D eigenvalue weighted by Gasteiger charge is 2.36. The van der Waals surface area contributed by atoms with Crippen LogP contribution >= 0.6 is 11.6 Å². The predicted octanol–water partition coefficient (Wildman–Crippen LogP) is 2.73. The number of nitrogens with one attached hydrogen (secondary N) is 1. The van der Waals surface area contributed by atoms with E-state index in [1.165, 1.54) is 6.07 Å². The minimum Gasteiger partial charge on any atom is -0.325 e. The van der Waals surface area contributed by atoms with Gasteiger partial charge in [-0.25, -0.2) is 8.42 Å². The molecular formula is C12H11ClF3NO3S. The molecule has 2 rings (SSSR count). The third kappa shape index (κ3) is 3.88. The van der Waals surface area contributed by atoms with Crippen molar-refractivity contribution in [2.75, 3.05) is 16.8 Å². The lowest BCUT2D eigenvalue weighted by Crippen LogP contribution is -2.25. The third-order valence-electron chi connectivity index (χ3n) is 3.15. The zero-order valence-electron chi connectivity index (χ0n) is 10.6. The second-order valence-electron chi connectivity index (χ2n) is 4.78. The highest BCUT2D eigenvalue weighted by atomic mass is 35.5. The number of carbonyl (C=O) groups excluding carboxylic acids is 1. The largest absolute Gasteiger partial charge is 0.418 e. The number of carbonyl (C=O) groups is 1. The molecule has 0 saturated carbocycles. The number of rotatable bonds is 2. The summed E-state index contributed by atoms with van der Waals surface area (Å²) < 4.78 is 61.2. The first kappa shape index (κ1) is 16.1. The molecule has 1 heterocycles. The van der Waals surface area contributed by atoms with Crippen LogP contribution in [0.4, 0.5) is 18.9 Å². The molecule has 21 heavy (non-hydrogen) atoms. The monoisotopic (exact) mass is 341 g/mol. The maximum atomic E-state index is 12.9. The first-order valence-electron chi connectivity index (χ1n) is 5.96. The summed E-state index contributed by atoms with van der Waals surface area (Å²) >= 11 is 5.53. The van der Waals surface area contributed by atoms with Gasteiger partial charge in [0.2, 0.25) is 5.91 Å². The second kappa shape index (κ2) is 5.49. The lowest BCUT2D eigenvalue weighted by Gasteiger charge is -2.15. The smallest absolute Gasteiger partial charge is 0.325 e. The van der Waals surface area contributed by atoms with E-state index in [4.69, 9.17) is 11.6 Å². The average molecular weight is 342 g/mol. The molecule has 116 valence electrons. The van der Waals surface area contributed by atoms with Gasteiger partial charge in [0, 0.05) is 5.02 Å². The van der Waals surface area contributed by atoms with Crippen molar-refractivity contribution in [1.82, 2.24) is 0 Å². The molecule has 1 aliphatic heterocycles. The molecule has 1 unspecified atom stereocenters. The van der Waals surface area contributed by atoms with Crippen molar-refractivity contribution in [2.45, 2.75) is 12.6 Å². The Morgan fingerprint density at radius 1 is 1.33 bits per heavy atom. The van der Waals surface area contributed by atoms with E-state index >= 15 is 0 Å². The molecule has 1 aromatic rings. The van der Waals surface area contributed by atoms with Crippen LogP contribution in [0.3, 0.4) is 0 Å². The summed E-state index contributed by atoms with van der Waals surface area (Å²) in [5.41, 5.74) is -1.49. The van der Waals surface area contributed by atoms with E-state index in [-0.39, 0.29) is 22.9 Å². The maximum absolute atomic E-state index is 12.9. The molecule has 1 amide bonds. The van der Waals surface area contributed by atoms with Gasteiger partial charge in [-0.3, -0.25) is 4.79 Å². The van der Waals surface area contributed by atoms with Gasteiger partial charge in [-0.05, 0) is 24.6 Å². The molecule has 0 aliphatic carbocycles. The number of anilines is 1. The first-order valence-corrected chi connectivity index (χ1v) is 8.16. The van der Waals surface area contributed by atoms with Gasteiger partial charge >= 0.3 is 6.18 Å². The van der Waals surface area contributed by atoms with Gasteiger partial charge < -0.3 is 5.32 Å². The summed E-state index contributed by atoms with van der Waals surface area (Å²) in [6.45, 7) is 0. The summed E-state index contributed by atoms with van der Waals surface area (Å²) in [4.78, 5) is 11.9. The number of halogens is 4. The fraction of sp³-hybridized carbons (Fsp3) is 0.417. The summed E-state index contributed by atoms with van der Waals surface area (Å²) in [7, 11) is -3.28. The van der Waals surface area contributed by atoms with E-state index in [0.717, 1.165) is 6.07 Å². The molecular weight excluding hydrogens is 331 g/mol. The van der Waals surface area contributed by atoms with Crippen LogP contribution in [-0.2, 0) is 20.8 Å². The van der Waals surface area contributed by atoms with Gasteiger partial charge in [0.05, 0.1) is 28.7 Å².